The SMILES string of the molecule is CCCCCCCC/C=C\CCCCCCCCCCCC(=O)OCC(COP(=O)(O)OCC(CO)OC(=O)CCCCCCCCCCCCCCCCC)OC(=O)CCCCCCC/C=C\CCCCCCCC. The van der Waals surface area contributed by atoms with E-state index in [4.69, 9.17) is 23.3 Å². The van der Waals surface area contributed by atoms with E-state index in [1.54, 1.807) is 0 Å². The Balaban J connectivity index is 4.65. The average Bonchev–Trinajstić information content (AvgIpc) is 3.41. The van der Waals surface area contributed by atoms with E-state index in [1.165, 1.54) is 193 Å². The molecule has 3 atom stereocenters. The number of aliphatic hydroxyl groups is 1. The van der Waals surface area contributed by atoms with Gasteiger partial charge in [0.15, 0.2) is 6.10 Å². The highest BCUT2D eigenvalue weighted by Crippen LogP contribution is 2.43. The fourth-order valence-corrected chi connectivity index (χ4v) is 10.2. The quantitative estimate of drug-likeness (QED) is 0.0197. The normalized spacial score (nSPS) is 13.4. The molecule has 0 aliphatic heterocycles. The Labute approximate surface area is 468 Å². The number of esters is 3. The molecule has 0 aromatic rings. The number of carbonyl (C=O) groups is 3. The summed E-state index contributed by atoms with van der Waals surface area (Å²) in [4.78, 5) is 48.7. The van der Waals surface area contributed by atoms with Crippen LogP contribution in [0.5, 0.6) is 0 Å². The smallest absolute Gasteiger partial charge is 0.462 e. The fourth-order valence-electron chi connectivity index (χ4n) is 9.41. The lowest BCUT2D eigenvalue weighted by Crippen LogP contribution is -2.30. The zero-order valence-electron chi connectivity index (χ0n) is 49.7. The van der Waals surface area contributed by atoms with Gasteiger partial charge in [0.2, 0.25) is 0 Å². The van der Waals surface area contributed by atoms with Crippen LogP contribution in [0.25, 0.3) is 0 Å². The Bertz CT molecular complexity index is 1370. The van der Waals surface area contributed by atoms with Crippen molar-refractivity contribution in [1.82, 2.24) is 0 Å². The van der Waals surface area contributed by atoms with E-state index in [2.05, 4.69) is 45.1 Å². The number of rotatable bonds is 61. The first kappa shape index (κ1) is 74.0. The largest absolute Gasteiger partial charge is 0.472 e. The monoisotopic (exact) mass is 1100 g/mol. The molecule has 448 valence electrons. The van der Waals surface area contributed by atoms with Gasteiger partial charge in [-0.2, -0.15) is 0 Å². The topological polar surface area (TPSA) is 155 Å². The number of carbonyl (C=O) groups excluding carboxylic acids is 3. The highest BCUT2D eigenvalue weighted by atomic mass is 31.2. The van der Waals surface area contributed by atoms with Crippen LogP contribution in [0.3, 0.4) is 0 Å². The minimum absolute atomic E-state index is 0.162. The van der Waals surface area contributed by atoms with E-state index in [1.807, 2.05) is 0 Å². The molecule has 0 radical (unpaired) electrons. The van der Waals surface area contributed by atoms with E-state index in [0.717, 1.165) is 77.0 Å². The summed E-state index contributed by atoms with van der Waals surface area (Å²) in [6.45, 7) is 4.70. The lowest BCUT2D eigenvalue weighted by molar-refractivity contribution is -0.161. The van der Waals surface area contributed by atoms with Gasteiger partial charge in [-0.3, -0.25) is 23.4 Å². The van der Waals surface area contributed by atoms with Gasteiger partial charge in [0.05, 0.1) is 19.8 Å². The maximum atomic E-state index is 12.9. The van der Waals surface area contributed by atoms with E-state index < -0.39 is 57.8 Å². The van der Waals surface area contributed by atoms with E-state index in [-0.39, 0.29) is 25.9 Å². The van der Waals surface area contributed by atoms with Gasteiger partial charge in [-0.05, 0) is 70.6 Å². The second-order valence-electron chi connectivity index (χ2n) is 21.9. The van der Waals surface area contributed by atoms with Crippen molar-refractivity contribution in [3.05, 3.63) is 24.3 Å². The van der Waals surface area contributed by atoms with Crippen molar-refractivity contribution >= 4 is 25.7 Å². The van der Waals surface area contributed by atoms with Crippen LogP contribution in [-0.2, 0) is 42.2 Å². The van der Waals surface area contributed by atoms with Crippen LogP contribution in [0.15, 0.2) is 24.3 Å². The molecule has 0 rings (SSSR count). The Kier molecular flexibility index (Phi) is 57.5. The standard InChI is InChI=1S/C64H121O11P/c1-4-7-10-13-16-19-22-25-28-29-30-31-34-35-38-41-44-47-50-53-62(66)71-57-61(75-64(68)55-52-49-46-43-40-37-33-27-24-21-18-15-12-9-6-3)59-73-76(69,70)72-58-60(56-65)74-63(67)54-51-48-45-42-39-36-32-26-23-20-17-14-11-8-5-2/h25,27-28,33,60-61,65H,4-24,26,29-32,34-59H2,1-3H3,(H,69,70)/b28-25-,33-27-. The molecule has 0 heterocycles. The van der Waals surface area contributed by atoms with Crippen molar-refractivity contribution in [3.8, 4) is 0 Å². The summed E-state index contributed by atoms with van der Waals surface area (Å²) in [6, 6.07) is 0. The molecule has 0 aliphatic carbocycles. The predicted octanol–water partition coefficient (Wildman–Crippen LogP) is 19.4. The Morgan fingerprint density at radius 1 is 0.355 bits per heavy atom. The molecule has 2 N–H and O–H groups in total. The predicted molar refractivity (Wildman–Crippen MR) is 316 cm³/mol. The molecule has 0 aliphatic rings. The average molecular weight is 1100 g/mol. The van der Waals surface area contributed by atoms with Crippen molar-refractivity contribution in [2.45, 2.75) is 341 Å². The first-order valence-corrected chi connectivity index (χ1v) is 33.7. The first-order valence-electron chi connectivity index (χ1n) is 32.2. The van der Waals surface area contributed by atoms with Crippen molar-refractivity contribution in [3.63, 3.8) is 0 Å². The molecule has 0 saturated heterocycles. The summed E-state index contributed by atoms with van der Waals surface area (Å²) >= 11 is 0. The summed E-state index contributed by atoms with van der Waals surface area (Å²) in [7, 11) is -4.75. The third-order valence-corrected chi connectivity index (χ3v) is 15.3. The fraction of sp³-hybridized carbons (Fsp3) is 0.891. The molecular formula is C64H121O11P. The van der Waals surface area contributed by atoms with Crippen molar-refractivity contribution < 1.29 is 52.2 Å². The van der Waals surface area contributed by atoms with Crippen LogP contribution in [0.1, 0.15) is 329 Å². The number of unbranched alkanes of at least 4 members (excludes halogenated alkanes) is 40. The van der Waals surface area contributed by atoms with Crippen molar-refractivity contribution in [2.75, 3.05) is 26.4 Å². The van der Waals surface area contributed by atoms with Gasteiger partial charge >= 0.3 is 25.7 Å². The third-order valence-electron chi connectivity index (χ3n) is 14.3. The number of phosphoric ester groups is 1. The minimum Gasteiger partial charge on any atom is -0.462 e. The Morgan fingerprint density at radius 3 is 0.908 bits per heavy atom. The molecule has 0 spiro atoms. The zero-order valence-corrected chi connectivity index (χ0v) is 50.6. The second-order valence-corrected chi connectivity index (χ2v) is 23.4. The maximum absolute atomic E-state index is 12.9. The van der Waals surface area contributed by atoms with Crippen molar-refractivity contribution in [2.24, 2.45) is 0 Å². The van der Waals surface area contributed by atoms with E-state index in [0.29, 0.717) is 19.3 Å². The van der Waals surface area contributed by atoms with Gasteiger partial charge in [-0.15, -0.1) is 0 Å². The van der Waals surface area contributed by atoms with Gasteiger partial charge in [0.1, 0.15) is 12.7 Å². The van der Waals surface area contributed by atoms with E-state index in [9.17, 15) is 28.9 Å². The number of hydrogen-bond donors (Lipinski definition) is 2. The van der Waals surface area contributed by atoms with Gasteiger partial charge in [0.25, 0.3) is 0 Å². The number of allylic oxidation sites excluding steroid dienone is 4. The van der Waals surface area contributed by atoms with Crippen LogP contribution in [0, 0.1) is 0 Å². The molecule has 0 aromatic heterocycles. The van der Waals surface area contributed by atoms with Gasteiger partial charge in [-0.1, -0.05) is 263 Å². The number of phosphoric acid groups is 1. The molecule has 0 aromatic carbocycles. The molecule has 0 amide bonds. The van der Waals surface area contributed by atoms with Gasteiger partial charge < -0.3 is 24.2 Å². The van der Waals surface area contributed by atoms with Crippen LogP contribution in [0.2, 0.25) is 0 Å². The number of aliphatic hydroxyl groups excluding tert-OH is 1. The minimum atomic E-state index is -4.75. The number of ether oxygens (including phenoxy) is 3. The Morgan fingerprint density at radius 2 is 0.605 bits per heavy atom. The summed E-state index contributed by atoms with van der Waals surface area (Å²) in [6.07, 6.45) is 61.3. The molecule has 76 heavy (non-hydrogen) atoms. The van der Waals surface area contributed by atoms with Gasteiger partial charge in [0, 0.05) is 19.3 Å². The van der Waals surface area contributed by atoms with Gasteiger partial charge in [-0.25, -0.2) is 4.57 Å². The highest BCUT2D eigenvalue weighted by molar-refractivity contribution is 7.47. The van der Waals surface area contributed by atoms with Crippen LogP contribution in [0.4, 0.5) is 0 Å². The summed E-state index contributed by atoms with van der Waals surface area (Å²) in [5.74, 6) is -1.45. The second kappa shape index (κ2) is 59.1. The van der Waals surface area contributed by atoms with E-state index >= 15 is 0 Å². The van der Waals surface area contributed by atoms with Crippen molar-refractivity contribution in [1.29, 1.82) is 0 Å². The first-order chi connectivity index (χ1) is 37.2. The molecule has 12 heteroatoms. The lowest BCUT2D eigenvalue weighted by atomic mass is 10.0. The maximum Gasteiger partial charge on any atom is 0.472 e. The zero-order chi connectivity index (χ0) is 55.5. The number of hydrogen-bond acceptors (Lipinski definition) is 10. The molecular weight excluding hydrogens is 976 g/mol. The Hall–Kier alpha value is -2.04. The van der Waals surface area contributed by atoms with Crippen LogP contribution in [-0.4, -0.2) is 66.5 Å². The third kappa shape index (κ3) is 56.7. The summed E-state index contributed by atoms with van der Waals surface area (Å²) in [5, 5.41) is 9.84. The highest BCUT2D eigenvalue weighted by Gasteiger charge is 2.28. The molecule has 11 nitrogen and oxygen atoms in total. The summed E-state index contributed by atoms with van der Waals surface area (Å²) < 4.78 is 39.7. The molecule has 0 saturated carbocycles. The molecule has 3 unspecified atom stereocenters. The summed E-state index contributed by atoms with van der Waals surface area (Å²) in [5.41, 5.74) is 0. The van der Waals surface area contributed by atoms with Crippen LogP contribution < -0.4 is 0 Å². The lowest BCUT2D eigenvalue weighted by Gasteiger charge is -2.21. The molecule has 0 bridgehead atoms. The molecule has 0 fully saturated rings. The van der Waals surface area contributed by atoms with Crippen LogP contribution >= 0.6 is 7.82 Å².